The quantitative estimate of drug-likeness (QED) is 0.256. The Kier molecular flexibility index (Phi) is 9.10. The predicted octanol–water partition coefficient (Wildman–Crippen LogP) is 6.44. The molecule has 1 fully saturated rings. The molecule has 1 saturated carbocycles. The molecule has 4 rings (SSSR count). The van der Waals surface area contributed by atoms with E-state index in [1.165, 1.54) is 38.4 Å². The average Bonchev–Trinajstić information content (AvgIpc) is 3.67. The first-order chi connectivity index (χ1) is 17.6. The molecule has 0 amide bonds. The Labute approximate surface area is 213 Å². The van der Waals surface area contributed by atoms with E-state index in [9.17, 15) is 10.1 Å². The number of carbonyl (C=O) groups is 1. The third-order valence-electron chi connectivity index (χ3n) is 7.68. The lowest BCUT2D eigenvalue weighted by atomic mass is 9.94. The molecule has 0 aliphatic heterocycles. The third kappa shape index (κ3) is 6.13. The molecule has 0 radical (unpaired) electrons. The van der Waals surface area contributed by atoms with Crippen molar-refractivity contribution in [2.45, 2.75) is 97.2 Å². The van der Waals surface area contributed by atoms with Crippen LogP contribution in [0.25, 0.3) is 22.3 Å². The molecule has 3 aromatic heterocycles. The zero-order chi connectivity index (χ0) is 25.3. The van der Waals surface area contributed by atoms with Gasteiger partial charge in [0.05, 0.1) is 30.4 Å². The Morgan fingerprint density at radius 2 is 2.08 bits per heavy atom. The summed E-state index contributed by atoms with van der Waals surface area (Å²) in [5.74, 6) is 0.915. The van der Waals surface area contributed by atoms with Crippen LogP contribution in [-0.4, -0.2) is 30.3 Å². The molecule has 0 aromatic carbocycles. The van der Waals surface area contributed by atoms with Crippen molar-refractivity contribution in [3.05, 3.63) is 31.0 Å². The summed E-state index contributed by atoms with van der Waals surface area (Å²) in [5, 5.41) is 14.9. The van der Waals surface area contributed by atoms with E-state index in [1.807, 2.05) is 33.9 Å². The summed E-state index contributed by atoms with van der Waals surface area (Å²) in [7, 11) is 0. The van der Waals surface area contributed by atoms with Crippen molar-refractivity contribution < 1.29 is 9.53 Å². The van der Waals surface area contributed by atoms with Gasteiger partial charge in [0.1, 0.15) is 12.0 Å². The second kappa shape index (κ2) is 12.7. The molecule has 0 spiro atoms. The molecule has 3 aromatic rings. The fourth-order valence-corrected chi connectivity index (χ4v) is 5.47. The molecule has 1 aliphatic carbocycles. The van der Waals surface area contributed by atoms with Crippen molar-refractivity contribution in [3.63, 3.8) is 0 Å². The van der Waals surface area contributed by atoms with E-state index in [-0.39, 0.29) is 18.7 Å². The topological polar surface area (TPSA) is 98.6 Å². The van der Waals surface area contributed by atoms with Gasteiger partial charge in [0.2, 0.25) is 0 Å². The van der Waals surface area contributed by atoms with Crippen LogP contribution in [0.4, 0.5) is 0 Å². The largest absolute Gasteiger partial charge is 0.444 e. The van der Waals surface area contributed by atoms with Crippen molar-refractivity contribution in [3.8, 4) is 17.3 Å². The normalized spacial score (nSPS) is 15.7. The van der Waals surface area contributed by atoms with Crippen LogP contribution in [0.1, 0.15) is 90.5 Å². The third-order valence-corrected chi connectivity index (χ3v) is 7.68. The molecule has 3 heterocycles. The number of carbonyl (C=O) groups excluding carboxylic acids is 1. The van der Waals surface area contributed by atoms with Crippen LogP contribution in [0.15, 0.2) is 31.0 Å². The van der Waals surface area contributed by atoms with E-state index in [4.69, 9.17) is 4.74 Å². The van der Waals surface area contributed by atoms with Gasteiger partial charge < -0.3 is 4.74 Å². The summed E-state index contributed by atoms with van der Waals surface area (Å²) in [6, 6.07) is 4.40. The van der Waals surface area contributed by atoms with Crippen LogP contribution in [0.5, 0.6) is 0 Å². The Morgan fingerprint density at radius 1 is 1.25 bits per heavy atom. The van der Waals surface area contributed by atoms with Gasteiger partial charge in [-0.25, -0.2) is 9.97 Å². The summed E-state index contributed by atoms with van der Waals surface area (Å²) in [6.07, 6.45) is 18.5. The number of aromatic nitrogens is 5. The van der Waals surface area contributed by atoms with Gasteiger partial charge in [-0.1, -0.05) is 52.4 Å². The van der Waals surface area contributed by atoms with Crippen LogP contribution in [0.3, 0.4) is 0 Å². The van der Waals surface area contributed by atoms with Crippen LogP contribution in [0, 0.1) is 23.2 Å². The van der Waals surface area contributed by atoms with E-state index in [1.54, 1.807) is 0 Å². The number of nitrogens with zero attached hydrogens (tertiary/aromatic N) is 6. The number of fused-ring (bicyclic) bond motifs is 1. The van der Waals surface area contributed by atoms with Gasteiger partial charge >= 0.3 is 5.97 Å². The molecule has 2 atom stereocenters. The van der Waals surface area contributed by atoms with E-state index in [2.05, 4.69) is 35.0 Å². The number of rotatable bonds is 13. The lowest BCUT2D eigenvalue weighted by Gasteiger charge is -2.21. The van der Waals surface area contributed by atoms with Crippen LogP contribution >= 0.6 is 0 Å². The van der Waals surface area contributed by atoms with Gasteiger partial charge in [0.25, 0.3) is 0 Å². The van der Waals surface area contributed by atoms with Crippen LogP contribution in [0.2, 0.25) is 0 Å². The molecule has 8 heteroatoms. The number of ether oxygens (including phenoxy) is 1. The van der Waals surface area contributed by atoms with Gasteiger partial charge in [-0.05, 0) is 37.2 Å². The molecule has 0 unspecified atom stereocenters. The first kappa shape index (κ1) is 25.9. The highest BCUT2D eigenvalue weighted by Gasteiger charge is 2.27. The smallest absolute Gasteiger partial charge is 0.307 e. The number of nitriles is 1. The minimum atomic E-state index is -0.169. The molecule has 0 N–H and O–H groups in total. The fourth-order valence-electron chi connectivity index (χ4n) is 5.47. The maximum Gasteiger partial charge on any atom is 0.307 e. The predicted molar refractivity (Wildman–Crippen MR) is 139 cm³/mol. The second-order valence-electron chi connectivity index (χ2n) is 10.0. The van der Waals surface area contributed by atoms with E-state index in [0.29, 0.717) is 24.7 Å². The summed E-state index contributed by atoms with van der Waals surface area (Å²) < 4.78 is 9.37. The number of hydrogen-bond acceptors (Lipinski definition) is 6. The minimum absolute atomic E-state index is 0.0990. The number of esters is 1. The molecular formula is C28H38N6O2. The monoisotopic (exact) mass is 490 g/mol. The summed E-state index contributed by atoms with van der Waals surface area (Å²) in [6.45, 7) is 4.53. The summed E-state index contributed by atoms with van der Waals surface area (Å²) in [4.78, 5) is 21.4. The molecule has 192 valence electrons. The highest BCUT2D eigenvalue weighted by Crippen LogP contribution is 2.36. The molecule has 1 aliphatic rings. The molecule has 8 nitrogen and oxygen atoms in total. The van der Waals surface area contributed by atoms with Crippen molar-refractivity contribution >= 4 is 17.0 Å². The van der Waals surface area contributed by atoms with Crippen molar-refractivity contribution in [2.24, 2.45) is 11.8 Å². The number of unbranched alkanes of at least 4 members (excludes halogenated alkanes) is 1. The first-order valence-electron chi connectivity index (χ1n) is 13.5. The van der Waals surface area contributed by atoms with Gasteiger partial charge in [0.15, 0.2) is 6.73 Å². The Balaban J connectivity index is 1.43. The van der Waals surface area contributed by atoms with Gasteiger partial charge in [-0.15, -0.1) is 0 Å². The second-order valence-corrected chi connectivity index (χ2v) is 10.0. The first-order valence-corrected chi connectivity index (χ1v) is 13.5. The van der Waals surface area contributed by atoms with E-state index in [0.717, 1.165) is 48.0 Å². The Morgan fingerprint density at radius 3 is 2.83 bits per heavy atom. The standard InChI is InChI=1S/C28H38N6O2/c1-3-5-8-21(4-2)11-12-26(35)36-20-33-16-14-24-27(30-19-31-28(24)33)23-17-32-34(18-23)25(13-15-29)22-9-6-7-10-22/h14,16-19,21-22,25H,3-13,20H2,1-2H3/t21-,25+/m0/s1. The highest BCUT2D eigenvalue weighted by molar-refractivity contribution is 5.90. The minimum Gasteiger partial charge on any atom is -0.444 e. The van der Waals surface area contributed by atoms with Crippen molar-refractivity contribution in [2.75, 3.05) is 0 Å². The summed E-state index contributed by atoms with van der Waals surface area (Å²) >= 11 is 0. The maximum atomic E-state index is 12.4. The van der Waals surface area contributed by atoms with Gasteiger partial charge in [-0.2, -0.15) is 10.4 Å². The lowest BCUT2D eigenvalue weighted by Crippen LogP contribution is -2.17. The zero-order valence-corrected chi connectivity index (χ0v) is 21.6. The van der Waals surface area contributed by atoms with Crippen LogP contribution < -0.4 is 0 Å². The maximum absolute atomic E-state index is 12.4. The SMILES string of the molecule is CCCC[C@H](CC)CCC(=O)OCn1ccc2c(-c3cnn([C@H](CC#N)C4CCCC4)c3)ncnc21. The Bertz CT molecular complexity index is 1170. The van der Waals surface area contributed by atoms with Crippen LogP contribution in [-0.2, 0) is 16.3 Å². The molecule has 0 saturated heterocycles. The lowest BCUT2D eigenvalue weighted by molar-refractivity contribution is -0.147. The zero-order valence-electron chi connectivity index (χ0n) is 21.6. The highest BCUT2D eigenvalue weighted by atomic mass is 16.5. The average molecular weight is 491 g/mol. The molecule has 0 bridgehead atoms. The molecule has 36 heavy (non-hydrogen) atoms. The van der Waals surface area contributed by atoms with Gasteiger partial charge in [-0.3, -0.25) is 14.0 Å². The van der Waals surface area contributed by atoms with E-state index < -0.39 is 0 Å². The fraction of sp³-hybridized carbons (Fsp3) is 0.607. The summed E-state index contributed by atoms with van der Waals surface area (Å²) in [5.41, 5.74) is 2.41. The van der Waals surface area contributed by atoms with Crippen molar-refractivity contribution in [1.29, 1.82) is 5.26 Å². The molecular weight excluding hydrogens is 452 g/mol. The number of hydrogen-bond donors (Lipinski definition) is 0. The van der Waals surface area contributed by atoms with E-state index >= 15 is 0 Å². The Hall–Kier alpha value is -3.21. The van der Waals surface area contributed by atoms with Gasteiger partial charge in [0, 0.05) is 29.8 Å². The van der Waals surface area contributed by atoms with Crippen molar-refractivity contribution in [1.82, 2.24) is 24.3 Å².